The fourth-order valence-corrected chi connectivity index (χ4v) is 1.82. The minimum absolute atomic E-state index is 0.0567. The van der Waals surface area contributed by atoms with Gasteiger partial charge in [0.2, 0.25) is 5.91 Å². The highest BCUT2D eigenvalue weighted by atomic mass is 16.5. The van der Waals surface area contributed by atoms with Crippen molar-refractivity contribution in [3.05, 3.63) is 54.6 Å². The first-order valence-corrected chi connectivity index (χ1v) is 7.72. The molecule has 0 unspecified atom stereocenters. The number of ether oxygens (including phenoxy) is 1. The first-order chi connectivity index (χ1) is 10.6. The van der Waals surface area contributed by atoms with Crippen molar-refractivity contribution in [3.8, 4) is 11.1 Å². The molecule has 1 amide bonds. The number of carbonyl (C=O) groups excluding carboxylic acids is 1. The Morgan fingerprint density at radius 3 is 2.05 bits per heavy atom. The lowest BCUT2D eigenvalue weighted by Gasteiger charge is -2.09. The predicted molar refractivity (Wildman–Crippen MR) is 92.9 cm³/mol. The van der Waals surface area contributed by atoms with E-state index in [2.05, 4.69) is 17.4 Å². The van der Waals surface area contributed by atoms with Crippen molar-refractivity contribution in [2.24, 2.45) is 0 Å². The van der Waals surface area contributed by atoms with Gasteiger partial charge >= 0.3 is 0 Å². The maximum atomic E-state index is 11.6. The summed E-state index contributed by atoms with van der Waals surface area (Å²) in [5.74, 6) is -0.133. The largest absolute Gasteiger partial charge is 0.369 e. The molecule has 1 N–H and O–H groups in total. The Kier molecular flexibility index (Phi) is 7.94. The lowest BCUT2D eigenvalue weighted by Crippen LogP contribution is -2.20. The molecule has 0 aliphatic heterocycles. The summed E-state index contributed by atoms with van der Waals surface area (Å²) in [5, 5.41) is 2.81. The molecule has 0 saturated carbocycles. The average Bonchev–Trinajstić information content (AvgIpc) is 2.56. The van der Waals surface area contributed by atoms with Gasteiger partial charge < -0.3 is 10.1 Å². The van der Waals surface area contributed by atoms with E-state index in [1.54, 1.807) is 0 Å². The second kappa shape index (κ2) is 9.74. The fourth-order valence-electron chi connectivity index (χ4n) is 1.82. The highest BCUT2D eigenvalue weighted by Gasteiger charge is 2.04. The van der Waals surface area contributed by atoms with E-state index in [4.69, 9.17) is 4.74 Å². The van der Waals surface area contributed by atoms with Gasteiger partial charge in [-0.1, -0.05) is 56.3 Å². The number of carbonyl (C=O) groups is 1. The Morgan fingerprint density at radius 2 is 1.50 bits per heavy atom. The van der Waals surface area contributed by atoms with Crippen LogP contribution in [0, 0.1) is 0 Å². The fraction of sp³-hybridized carbons (Fsp3) is 0.316. The van der Waals surface area contributed by atoms with Crippen LogP contribution in [-0.2, 0) is 9.53 Å². The molecule has 118 valence electrons. The number of rotatable bonds is 5. The Hall–Kier alpha value is -2.13. The van der Waals surface area contributed by atoms with Gasteiger partial charge in [0.15, 0.2) is 0 Å². The molecule has 0 radical (unpaired) electrons. The van der Waals surface area contributed by atoms with Crippen LogP contribution in [0.5, 0.6) is 0 Å². The minimum Gasteiger partial charge on any atom is -0.369 e. The van der Waals surface area contributed by atoms with Crippen LogP contribution in [0.15, 0.2) is 54.6 Å². The van der Waals surface area contributed by atoms with Gasteiger partial charge in [-0.3, -0.25) is 4.79 Å². The molecule has 0 heterocycles. The van der Waals surface area contributed by atoms with E-state index in [0.29, 0.717) is 0 Å². The van der Waals surface area contributed by atoms with Crippen molar-refractivity contribution in [1.29, 1.82) is 0 Å². The Bertz CT molecular complexity index is 547. The highest BCUT2D eigenvalue weighted by Crippen LogP contribution is 2.20. The van der Waals surface area contributed by atoms with Crippen LogP contribution in [0.3, 0.4) is 0 Å². The average molecular weight is 299 g/mol. The number of hydrogen-bond donors (Lipinski definition) is 1. The molecule has 0 aliphatic carbocycles. The van der Waals surface area contributed by atoms with Crippen LogP contribution in [0.1, 0.15) is 27.7 Å². The van der Waals surface area contributed by atoms with Crippen LogP contribution in [0.4, 0.5) is 5.69 Å². The third-order valence-electron chi connectivity index (χ3n) is 2.82. The van der Waals surface area contributed by atoms with Crippen LogP contribution in [-0.4, -0.2) is 18.6 Å². The summed E-state index contributed by atoms with van der Waals surface area (Å²) in [5.41, 5.74) is 3.07. The van der Waals surface area contributed by atoms with Crippen molar-refractivity contribution >= 4 is 11.6 Å². The maximum absolute atomic E-state index is 11.6. The van der Waals surface area contributed by atoms with Gasteiger partial charge in [-0.05, 0) is 37.1 Å². The van der Waals surface area contributed by atoms with Gasteiger partial charge in [0.1, 0.15) is 6.61 Å². The summed E-state index contributed by atoms with van der Waals surface area (Å²) in [4.78, 5) is 11.6. The summed E-state index contributed by atoms with van der Waals surface area (Å²) in [6, 6.07) is 17.9. The van der Waals surface area contributed by atoms with Crippen LogP contribution in [0.25, 0.3) is 11.1 Å². The van der Waals surface area contributed by atoms with E-state index in [-0.39, 0.29) is 18.6 Å². The SMILES string of the molecule is CC.CC(C)OCC(=O)Nc1ccc(-c2ccccc2)cc1. The molecule has 22 heavy (non-hydrogen) atoms. The van der Waals surface area contributed by atoms with Crippen LogP contribution in [0.2, 0.25) is 0 Å². The molecule has 0 aliphatic rings. The molecule has 2 aromatic carbocycles. The second-order valence-corrected chi connectivity index (χ2v) is 4.85. The van der Waals surface area contributed by atoms with Gasteiger partial charge in [-0.25, -0.2) is 0 Å². The summed E-state index contributed by atoms with van der Waals surface area (Å²) >= 11 is 0. The molecule has 0 saturated heterocycles. The molecule has 0 spiro atoms. The van der Waals surface area contributed by atoms with Crippen molar-refractivity contribution in [3.63, 3.8) is 0 Å². The summed E-state index contributed by atoms with van der Waals surface area (Å²) in [6.45, 7) is 7.89. The molecule has 0 atom stereocenters. The van der Waals surface area contributed by atoms with E-state index in [1.165, 1.54) is 0 Å². The topological polar surface area (TPSA) is 38.3 Å². The molecular weight excluding hydrogens is 274 g/mol. The first-order valence-electron chi connectivity index (χ1n) is 7.72. The van der Waals surface area contributed by atoms with Gasteiger partial charge in [-0.15, -0.1) is 0 Å². The number of benzene rings is 2. The van der Waals surface area contributed by atoms with Crippen molar-refractivity contribution in [2.45, 2.75) is 33.8 Å². The Labute approximate surface area is 133 Å². The third-order valence-corrected chi connectivity index (χ3v) is 2.82. The maximum Gasteiger partial charge on any atom is 0.250 e. The molecule has 3 heteroatoms. The van der Waals surface area contributed by atoms with E-state index in [1.807, 2.05) is 70.2 Å². The normalized spacial score (nSPS) is 9.86. The lowest BCUT2D eigenvalue weighted by atomic mass is 10.1. The van der Waals surface area contributed by atoms with E-state index in [0.717, 1.165) is 16.8 Å². The number of amides is 1. The second-order valence-electron chi connectivity index (χ2n) is 4.85. The monoisotopic (exact) mass is 299 g/mol. The quantitative estimate of drug-likeness (QED) is 0.865. The third kappa shape index (κ3) is 6.10. The molecule has 0 bridgehead atoms. The molecule has 3 nitrogen and oxygen atoms in total. The first kappa shape index (κ1) is 17.9. The zero-order chi connectivity index (χ0) is 16.4. The predicted octanol–water partition coefficient (Wildman–Crippen LogP) is 4.74. The van der Waals surface area contributed by atoms with Gasteiger partial charge in [0, 0.05) is 5.69 Å². The molecular formula is C19H25NO2. The Balaban J connectivity index is 0.00000116. The minimum atomic E-state index is -0.133. The summed E-state index contributed by atoms with van der Waals surface area (Å²) in [6.07, 6.45) is 0.0567. The van der Waals surface area contributed by atoms with Gasteiger partial charge in [0.05, 0.1) is 6.10 Å². The standard InChI is InChI=1S/C17H19NO2.C2H6/c1-13(2)20-12-17(19)18-16-10-8-15(9-11-16)14-6-4-3-5-7-14;1-2/h3-11,13H,12H2,1-2H3,(H,18,19);1-2H3. The molecule has 2 aromatic rings. The molecule has 0 fully saturated rings. The van der Waals surface area contributed by atoms with Crippen molar-refractivity contribution in [2.75, 3.05) is 11.9 Å². The van der Waals surface area contributed by atoms with E-state index < -0.39 is 0 Å². The highest BCUT2D eigenvalue weighted by molar-refractivity contribution is 5.91. The number of nitrogens with one attached hydrogen (secondary N) is 1. The van der Waals surface area contributed by atoms with Crippen LogP contribution < -0.4 is 5.32 Å². The number of anilines is 1. The summed E-state index contributed by atoms with van der Waals surface area (Å²) in [7, 11) is 0. The van der Waals surface area contributed by atoms with E-state index >= 15 is 0 Å². The number of hydrogen-bond acceptors (Lipinski definition) is 2. The van der Waals surface area contributed by atoms with Gasteiger partial charge in [-0.2, -0.15) is 0 Å². The molecule has 0 aromatic heterocycles. The Morgan fingerprint density at radius 1 is 0.955 bits per heavy atom. The van der Waals surface area contributed by atoms with E-state index in [9.17, 15) is 4.79 Å². The molecule has 2 rings (SSSR count). The van der Waals surface area contributed by atoms with Gasteiger partial charge in [0.25, 0.3) is 0 Å². The van der Waals surface area contributed by atoms with Crippen molar-refractivity contribution < 1.29 is 9.53 Å². The zero-order valence-corrected chi connectivity index (χ0v) is 13.8. The summed E-state index contributed by atoms with van der Waals surface area (Å²) < 4.78 is 5.26. The lowest BCUT2D eigenvalue weighted by molar-refractivity contribution is -0.121. The smallest absolute Gasteiger partial charge is 0.250 e. The zero-order valence-electron chi connectivity index (χ0n) is 13.8. The van der Waals surface area contributed by atoms with Crippen molar-refractivity contribution in [1.82, 2.24) is 0 Å². The van der Waals surface area contributed by atoms with Crippen LogP contribution >= 0.6 is 0 Å².